The van der Waals surface area contributed by atoms with E-state index in [1.165, 1.54) is 12.8 Å². The fourth-order valence-electron chi connectivity index (χ4n) is 1.31. The first kappa shape index (κ1) is 10.2. The lowest BCUT2D eigenvalue weighted by Crippen LogP contribution is -2.29. The molecular weight excluding hydrogens is 164 g/mol. The van der Waals surface area contributed by atoms with Gasteiger partial charge in [-0.3, -0.25) is 4.68 Å². The van der Waals surface area contributed by atoms with Gasteiger partial charge in [-0.25, -0.2) is 0 Å². The molecule has 1 unspecified atom stereocenters. The fourth-order valence-corrected chi connectivity index (χ4v) is 1.31. The lowest BCUT2D eigenvalue weighted by Gasteiger charge is -2.11. The van der Waals surface area contributed by atoms with Crippen LogP contribution in [-0.4, -0.2) is 27.6 Å². The second-order valence-corrected chi connectivity index (χ2v) is 3.31. The van der Waals surface area contributed by atoms with Gasteiger partial charge in [0.25, 0.3) is 0 Å². The van der Waals surface area contributed by atoms with Gasteiger partial charge in [-0.1, -0.05) is 18.6 Å². The van der Waals surface area contributed by atoms with Crippen LogP contribution in [0.1, 0.15) is 26.7 Å². The number of nitrogens with zero attached hydrogens (tertiary/aromatic N) is 3. The minimum absolute atomic E-state index is 0.605. The van der Waals surface area contributed by atoms with E-state index >= 15 is 0 Å². The summed E-state index contributed by atoms with van der Waals surface area (Å²) in [6.07, 6.45) is 6.05. The molecule has 1 heterocycles. The van der Waals surface area contributed by atoms with Crippen molar-refractivity contribution in [2.45, 2.75) is 39.3 Å². The summed E-state index contributed by atoms with van der Waals surface area (Å²) < 4.78 is 1.84. The molecule has 0 bridgehead atoms. The summed E-state index contributed by atoms with van der Waals surface area (Å²) in [5, 5.41) is 11.1. The summed E-state index contributed by atoms with van der Waals surface area (Å²) in [4.78, 5) is 0. The number of hydrogen-bond donors (Lipinski definition) is 1. The molecule has 1 rings (SSSR count). The van der Waals surface area contributed by atoms with E-state index in [-0.39, 0.29) is 0 Å². The average Bonchev–Trinajstić information content (AvgIpc) is 2.57. The molecular formula is C9H18N4. The fraction of sp³-hybridized carbons (Fsp3) is 0.778. The molecule has 0 amide bonds. The van der Waals surface area contributed by atoms with Crippen LogP contribution in [0.3, 0.4) is 0 Å². The van der Waals surface area contributed by atoms with E-state index in [1.807, 2.05) is 10.9 Å². The summed E-state index contributed by atoms with van der Waals surface area (Å²) in [6, 6.07) is 0.605. The summed E-state index contributed by atoms with van der Waals surface area (Å²) in [7, 11) is 0. The van der Waals surface area contributed by atoms with Crippen molar-refractivity contribution in [1.82, 2.24) is 20.3 Å². The maximum Gasteiger partial charge on any atom is 0.0692 e. The smallest absolute Gasteiger partial charge is 0.0692 e. The Bertz CT molecular complexity index is 207. The molecule has 0 aliphatic rings. The predicted octanol–water partition coefficient (Wildman–Crippen LogP) is 1.06. The predicted molar refractivity (Wildman–Crippen MR) is 52.4 cm³/mol. The van der Waals surface area contributed by atoms with Gasteiger partial charge < -0.3 is 5.32 Å². The molecule has 74 valence electrons. The molecule has 1 aromatic heterocycles. The third kappa shape index (κ3) is 4.03. The Morgan fingerprint density at radius 1 is 1.54 bits per heavy atom. The first-order valence-corrected chi connectivity index (χ1v) is 4.90. The standard InChI is InChI=1S/C9H18N4/c1-3-4-9(2)10-5-7-13-8-6-11-12-13/h6,8-10H,3-5,7H2,1-2H3. The van der Waals surface area contributed by atoms with Crippen molar-refractivity contribution >= 4 is 0 Å². The van der Waals surface area contributed by atoms with Crippen LogP contribution in [0.2, 0.25) is 0 Å². The number of rotatable bonds is 6. The minimum Gasteiger partial charge on any atom is -0.312 e. The van der Waals surface area contributed by atoms with Crippen molar-refractivity contribution < 1.29 is 0 Å². The molecule has 0 fully saturated rings. The van der Waals surface area contributed by atoms with Crippen LogP contribution in [0.15, 0.2) is 12.4 Å². The van der Waals surface area contributed by atoms with Gasteiger partial charge in [-0.15, -0.1) is 5.10 Å². The van der Waals surface area contributed by atoms with E-state index < -0.39 is 0 Å². The minimum atomic E-state index is 0.605. The highest BCUT2D eigenvalue weighted by atomic mass is 15.4. The molecule has 1 N–H and O–H groups in total. The highest BCUT2D eigenvalue weighted by Gasteiger charge is 1.98. The van der Waals surface area contributed by atoms with Crippen molar-refractivity contribution in [3.05, 3.63) is 12.4 Å². The summed E-state index contributed by atoms with van der Waals surface area (Å²) in [6.45, 7) is 6.28. The van der Waals surface area contributed by atoms with Gasteiger partial charge >= 0.3 is 0 Å². The van der Waals surface area contributed by atoms with Gasteiger partial charge in [0, 0.05) is 18.8 Å². The van der Waals surface area contributed by atoms with Crippen molar-refractivity contribution in [2.24, 2.45) is 0 Å². The zero-order chi connectivity index (χ0) is 9.52. The monoisotopic (exact) mass is 182 g/mol. The van der Waals surface area contributed by atoms with Crippen LogP contribution in [0.5, 0.6) is 0 Å². The topological polar surface area (TPSA) is 42.7 Å². The lowest BCUT2D eigenvalue weighted by atomic mass is 10.2. The maximum atomic E-state index is 3.89. The highest BCUT2D eigenvalue weighted by Crippen LogP contribution is 1.93. The van der Waals surface area contributed by atoms with Gasteiger partial charge in [0.1, 0.15) is 0 Å². The molecule has 4 nitrogen and oxygen atoms in total. The van der Waals surface area contributed by atoms with E-state index in [4.69, 9.17) is 0 Å². The zero-order valence-corrected chi connectivity index (χ0v) is 8.40. The van der Waals surface area contributed by atoms with Crippen LogP contribution < -0.4 is 5.32 Å². The Hall–Kier alpha value is -0.900. The largest absolute Gasteiger partial charge is 0.312 e. The third-order valence-corrected chi connectivity index (χ3v) is 2.03. The van der Waals surface area contributed by atoms with Crippen molar-refractivity contribution in [3.8, 4) is 0 Å². The molecule has 4 heteroatoms. The molecule has 1 atom stereocenters. The molecule has 0 aliphatic carbocycles. The van der Waals surface area contributed by atoms with Crippen LogP contribution in [0.25, 0.3) is 0 Å². The summed E-state index contributed by atoms with van der Waals surface area (Å²) >= 11 is 0. The first-order valence-electron chi connectivity index (χ1n) is 4.90. The number of hydrogen-bond acceptors (Lipinski definition) is 3. The number of nitrogens with one attached hydrogen (secondary N) is 1. The van der Waals surface area contributed by atoms with Crippen LogP contribution in [0, 0.1) is 0 Å². The molecule has 0 saturated carbocycles. The molecule has 0 radical (unpaired) electrons. The zero-order valence-electron chi connectivity index (χ0n) is 8.40. The second-order valence-electron chi connectivity index (χ2n) is 3.31. The van der Waals surface area contributed by atoms with Crippen molar-refractivity contribution in [3.63, 3.8) is 0 Å². The molecule has 0 saturated heterocycles. The van der Waals surface area contributed by atoms with Crippen LogP contribution in [-0.2, 0) is 6.54 Å². The van der Waals surface area contributed by atoms with Crippen molar-refractivity contribution in [1.29, 1.82) is 0 Å². The van der Waals surface area contributed by atoms with Gasteiger partial charge in [0.2, 0.25) is 0 Å². The Labute approximate surface area is 79.3 Å². The Morgan fingerprint density at radius 2 is 2.38 bits per heavy atom. The lowest BCUT2D eigenvalue weighted by molar-refractivity contribution is 0.467. The Kier molecular flexibility index (Phi) is 4.46. The van der Waals surface area contributed by atoms with E-state index in [0.717, 1.165) is 13.1 Å². The quantitative estimate of drug-likeness (QED) is 0.715. The van der Waals surface area contributed by atoms with Crippen molar-refractivity contribution in [2.75, 3.05) is 6.54 Å². The van der Waals surface area contributed by atoms with E-state index in [0.29, 0.717) is 6.04 Å². The van der Waals surface area contributed by atoms with Crippen LogP contribution in [0.4, 0.5) is 0 Å². The van der Waals surface area contributed by atoms with Gasteiger partial charge in [0.05, 0.1) is 12.7 Å². The second kappa shape index (κ2) is 5.70. The van der Waals surface area contributed by atoms with Gasteiger partial charge in [-0.2, -0.15) is 0 Å². The Morgan fingerprint density at radius 3 is 3.00 bits per heavy atom. The summed E-state index contributed by atoms with van der Waals surface area (Å²) in [5.74, 6) is 0. The van der Waals surface area contributed by atoms with Gasteiger partial charge in [0.15, 0.2) is 0 Å². The van der Waals surface area contributed by atoms with E-state index in [9.17, 15) is 0 Å². The maximum absolute atomic E-state index is 3.89. The molecule has 0 aliphatic heterocycles. The highest BCUT2D eigenvalue weighted by molar-refractivity contribution is 4.65. The molecule has 0 aromatic carbocycles. The number of aromatic nitrogens is 3. The van der Waals surface area contributed by atoms with E-state index in [1.54, 1.807) is 6.20 Å². The molecule has 0 spiro atoms. The normalized spacial score (nSPS) is 13.1. The summed E-state index contributed by atoms with van der Waals surface area (Å²) in [5.41, 5.74) is 0. The average molecular weight is 182 g/mol. The van der Waals surface area contributed by atoms with E-state index in [2.05, 4.69) is 29.5 Å². The molecule has 13 heavy (non-hydrogen) atoms. The van der Waals surface area contributed by atoms with Crippen LogP contribution >= 0.6 is 0 Å². The first-order chi connectivity index (χ1) is 6.33. The Balaban J connectivity index is 2.07. The molecule has 1 aromatic rings. The van der Waals surface area contributed by atoms with Gasteiger partial charge in [-0.05, 0) is 13.3 Å². The SMILES string of the molecule is CCCC(C)NCCn1ccnn1. The third-order valence-electron chi connectivity index (χ3n) is 2.03.